The number of hydrogen-bond acceptors (Lipinski definition) is 1. The fraction of sp³-hybridized carbons (Fsp3) is 0.500. The Balaban J connectivity index is 2.34. The van der Waals surface area contributed by atoms with Gasteiger partial charge in [0.05, 0.1) is 0 Å². The molecule has 2 rings (SSSR count). The van der Waals surface area contributed by atoms with Crippen LogP contribution in [0.4, 0.5) is 0 Å². The minimum absolute atomic E-state index is 0.274. The summed E-state index contributed by atoms with van der Waals surface area (Å²) in [6.07, 6.45) is 4.35. The summed E-state index contributed by atoms with van der Waals surface area (Å²) in [7, 11) is 0. The standard InChI is InChI=1S/C12H15ClO/c13-12-6-2-4-10-9(7-8-14)3-1-5-11(10)12/h2,4,6,9,14H,1,3,5,7-8H2. The van der Waals surface area contributed by atoms with Crippen LogP contribution in [0.25, 0.3) is 0 Å². The summed E-state index contributed by atoms with van der Waals surface area (Å²) in [5.41, 5.74) is 2.66. The van der Waals surface area contributed by atoms with E-state index in [1.54, 1.807) is 0 Å². The first-order valence-corrected chi connectivity index (χ1v) is 5.59. The molecule has 1 aliphatic carbocycles. The van der Waals surface area contributed by atoms with E-state index in [4.69, 9.17) is 16.7 Å². The van der Waals surface area contributed by atoms with Gasteiger partial charge in [0.1, 0.15) is 0 Å². The van der Waals surface area contributed by atoms with Crippen LogP contribution in [0.3, 0.4) is 0 Å². The van der Waals surface area contributed by atoms with Crippen LogP contribution in [0.2, 0.25) is 5.02 Å². The monoisotopic (exact) mass is 210 g/mol. The van der Waals surface area contributed by atoms with Crippen molar-refractivity contribution in [1.82, 2.24) is 0 Å². The highest BCUT2D eigenvalue weighted by Gasteiger charge is 2.20. The molecule has 0 amide bonds. The molecule has 1 aliphatic rings. The summed E-state index contributed by atoms with van der Waals surface area (Å²) >= 11 is 6.15. The molecule has 1 atom stereocenters. The third-order valence-corrected chi connectivity index (χ3v) is 3.41. The highest BCUT2D eigenvalue weighted by atomic mass is 35.5. The van der Waals surface area contributed by atoms with E-state index in [0.29, 0.717) is 5.92 Å². The Morgan fingerprint density at radius 2 is 2.29 bits per heavy atom. The molecule has 76 valence electrons. The summed E-state index contributed by atoms with van der Waals surface area (Å²) in [4.78, 5) is 0. The number of fused-ring (bicyclic) bond motifs is 1. The number of hydrogen-bond donors (Lipinski definition) is 1. The van der Waals surface area contributed by atoms with E-state index >= 15 is 0 Å². The molecular formula is C12H15ClO. The van der Waals surface area contributed by atoms with Gasteiger partial charge < -0.3 is 5.11 Å². The zero-order chi connectivity index (χ0) is 9.97. The maximum absolute atomic E-state index is 8.98. The number of aliphatic hydroxyl groups is 1. The van der Waals surface area contributed by atoms with E-state index in [1.165, 1.54) is 24.0 Å². The van der Waals surface area contributed by atoms with Crippen LogP contribution in [0.15, 0.2) is 18.2 Å². The lowest BCUT2D eigenvalue weighted by Crippen LogP contribution is -2.11. The van der Waals surface area contributed by atoms with Gasteiger partial charge in [0, 0.05) is 11.6 Å². The van der Waals surface area contributed by atoms with Crippen molar-refractivity contribution in [3.05, 3.63) is 34.3 Å². The van der Waals surface area contributed by atoms with Crippen LogP contribution in [0.1, 0.15) is 36.3 Å². The van der Waals surface area contributed by atoms with Crippen LogP contribution >= 0.6 is 11.6 Å². The Morgan fingerprint density at radius 1 is 1.43 bits per heavy atom. The van der Waals surface area contributed by atoms with Crippen molar-refractivity contribution in [2.45, 2.75) is 31.6 Å². The Kier molecular flexibility index (Phi) is 3.09. The largest absolute Gasteiger partial charge is 0.396 e. The molecule has 1 nitrogen and oxygen atoms in total. The van der Waals surface area contributed by atoms with Crippen molar-refractivity contribution in [3.8, 4) is 0 Å². The van der Waals surface area contributed by atoms with E-state index < -0.39 is 0 Å². The molecule has 0 bridgehead atoms. The predicted molar refractivity (Wildman–Crippen MR) is 58.8 cm³/mol. The first kappa shape index (κ1) is 10.0. The van der Waals surface area contributed by atoms with Gasteiger partial charge in [-0.3, -0.25) is 0 Å². The minimum atomic E-state index is 0.274. The summed E-state index contributed by atoms with van der Waals surface area (Å²) in [5, 5.41) is 9.87. The van der Waals surface area contributed by atoms with E-state index in [9.17, 15) is 0 Å². The van der Waals surface area contributed by atoms with E-state index in [-0.39, 0.29) is 6.61 Å². The second kappa shape index (κ2) is 4.33. The van der Waals surface area contributed by atoms with Crippen LogP contribution in [-0.4, -0.2) is 11.7 Å². The highest BCUT2D eigenvalue weighted by Crippen LogP contribution is 2.36. The lowest BCUT2D eigenvalue weighted by atomic mass is 9.81. The molecule has 2 heteroatoms. The van der Waals surface area contributed by atoms with Gasteiger partial charge in [0.15, 0.2) is 0 Å². The SMILES string of the molecule is OCCC1CCCc2c(Cl)cccc21. The molecule has 0 saturated heterocycles. The summed E-state index contributed by atoms with van der Waals surface area (Å²) in [5.74, 6) is 0.516. The van der Waals surface area contributed by atoms with E-state index in [0.717, 1.165) is 17.9 Å². The smallest absolute Gasteiger partial charge is 0.0440 e. The van der Waals surface area contributed by atoms with Crippen molar-refractivity contribution >= 4 is 11.6 Å². The van der Waals surface area contributed by atoms with Crippen molar-refractivity contribution < 1.29 is 5.11 Å². The predicted octanol–water partition coefficient (Wildman–Crippen LogP) is 3.14. The Hall–Kier alpha value is -0.530. The van der Waals surface area contributed by atoms with Gasteiger partial charge >= 0.3 is 0 Å². The molecule has 14 heavy (non-hydrogen) atoms. The average Bonchev–Trinajstić information content (AvgIpc) is 2.20. The molecule has 1 unspecified atom stereocenters. The zero-order valence-electron chi connectivity index (χ0n) is 8.17. The third kappa shape index (κ3) is 1.79. The molecule has 0 spiro atoms. The van der Waals surface area contributed by atoms with Crippen molar-refractivity contribution in [1.29, 1.82) is 0 Å². The maximum atomic E-state index is 8.98. The fourth-order valence-electron chi connectivity index (χ4n) is 2.36. The quantitative estimate of drug-likeness (QED) is 0.795. The van der Waals surface area contributed by atoms with Gasteiger partial charge in [0.2, 0.25) is 0 Å². The van der Waals surface area contributed by atoms with Crippen LogP contribution in [0, 0.1) is 0 Å². The van der Waals surface area contributed by atoms with Crippen molar-refractivity contribution in [2.24, 2.45) is 0 Å². The molecule has 0 radical (unpaired) electrons. The Morgan fingerprint density at radius 3 is 3.07 bits per heavy atom. The lowest BCUT2D eigenvalue weighted by molar-refractivity contribution is 0.269. The maximum Gasteiger partial charge on any atom is 0.0440 e. The molecule has 1 aromatic rings. The third-order valence-electron chi connectivity index (χ3n) is 3.05. The van der Waals surface area contributed by atoms with Gasteiger partial charge in [0.25, 0.3) is 0 Å². The lowest BCUT2D eigenvalue weighted by Gasteiger charge is -2.25. The molecule has 1 N–H and O–H groups in total. The van der Waals surface area contributed by atoms with E-state index in [2.05, 4.69) is 6.07 Å². The number of aliphatic hydroxyl groups excluding tert-OH is 1. The van der Waals surface area contributed by atoms with Gasteiger partial charge in [-0.15, -0.1) is 0 Å². The summed E-state index contributed by atoms with van der Waals surface area (Å²) in [6, 6.07) is 6.12. The van der Waals surface area contributed by atoms with E-state index in [1.807, 2.05) is 12.1 Å². The minimum Gasteiger partial charge on any atom is -0.396 e. The molecule has 0 aromatic heterocycles. The van der Waals surface area contributed by atoms with Crippen LogP contribution < -0.4 is 0 Å². The van der Waals surface area contributed by atoms with Crippen molar-refractivity contribution in [3.63, 3.8) is 0 Å². The normalized spacial score (nSPS) is 20.6. The average molecular weight is 211 g/mol. The molecule has 0 heterocycles. The molecule has 0 saturated carbocycles. The van der Waals surface area contributed by atoms with Gasteiger partial charge in [-0.25, -0.2) is 0 Å². The summed E-state index contributed by atoms with van der Waals surface area (Å²) in [6.45, 7) is 0.274. The van der Waals surface area contributed by atoms with Crippen LogP contribution in [-0.2, 0) is 6.42 Å². The molecule has 0 aliphatic heterocycles. The number of benzene rings is 1. The Bertz CT molecular complexity index is 322. The highest BCUT2D eigenvalue weighted by molar-refractivity contribution is 6.31. The second-order valence-corrected chi connectivity index (χ2v) is 4.32. The first-order valence-electron chi connectivity index (χ1n) is 5.21. The number of rotatable bonds is 2. The molecular weight excluding hydrogens is 196 g/mol. The van der Waals surface area contributed by atoms with Crippen LogP contribution in [0.5, 0.6) is 0 Å². The van der Waals surface area contributed by atoms with Gasteiger partial charge in [-0.1, -0.05) is 23.7 Å². The zero-order valence-corrected chi connectivity index (χ0v) is 8.93. The second-order valence-electron chi connectivity index (χ2n) is 3.91. The number of halogens is 1. The topological polar surface area (TPSA) is 20.2 Å². The van der Waals surface area contributed by atoms with Gasteiger partial charge in [-0.2, -0.15) is 0 Å². The van der Waals surface area contributed by atoms with Crippen molar-refractivity contribution in [2.75, 3.05) is 6.61 Å². The fourth-order valence-corrected chi connectivity index (χ4v) is 2.63. The first-order chi connectivity index (χ1) is 6.83. The summed E-state index contributed by atoms with van der Waals surface area (Å²) < 4.78 is 0. The molecule has 1 aromatic carbocycles. The Labute approximate surface area is 89.7 Å². The molecule has 0 fully saturated rings. The van der Waals surface area contributed by atoms with Gasteiger partial charge in [-0.05, 0) is 48.8 Å².